The second-order valence-corrected chi connectivity index (χ2v) is 30.5. The fraction of sp³-hybridized carbons (Fsp3) is 0.157. The number of fused-ring (bicyclic) bond motifs is 20. The number of benzene rings is 12. The van der Waals surface area contributed by atoms with Gasteiger partial charge >= 0.3 is 0 Å². The Morgan fingerprint density at radius 3 is 1.24 bits per heavy atom. The molecule has 0 saturated heterocycles. The number of hydrogen-bond donors (Lipinski definition) is 0. The van der Waals surface area contributed by atoms with Gasteiger partial charge in [-0.15, -0.1) is 0 Å². The van der Waals surface area contributed by atoms with Gasteiger partial charge in [0.1, 0.15) is 0 Å². The number of nitrogens with zero attached hydrogens (tertiary/aromatic N) is 4. The van der Waals surface area contributed by atoms with Gasteiger partial charge in [0.05, 0.1) is 45.5 Å². The number of rotatable bonds is 0. The molecule has 4 nitrogen and oxygen atoms in total. The first-order chi connectivity index (χ1) is 44.1. The molecule has 0 unspecified atom stereocenters. The zero-order valence-corrected chi connectivity index (χ0v) is 56.3. The molecule has 3 aliphatic carbocycles. The van der Waals surface area contributed by atoms with Crippen LogP contribution in [-0.2, 0) is 16.2 Å². The van der Waals surface area contributed by atoms with Gasteiger partial charge in [-0.05, 0) is 152 Å². The van der Waals surface area contributed by atoms with E-state index in [4.69, 9.17) is 0 Å². The number of hydrogen-bond acceptors (Lipinski definition) is 8. The lowest BCUT2D eigenvalue weighted by atomic mass is 9.82. The van der Waals surface area contributed by atoms with Gasteiger partial charge in [0.25, 0.3) is 0 Å². The van der Waals surface area contributed by atoms with Crippen molar-refractivity contribution < 1.29 is 0 Å². The third-order valence-electron chi connectivity index (χ3n) is 20.1. The average molecular weight is 1250 g/mol. The standard InChI is InChI=1S/3C22H19NS.C17H13NS/c1-22(2)16-9-5-4-8-14(16)15-12-21-19(13-17(15)22)23(3)18-10-6-7-11-20(18)24-21;1-22(2)16-9-5-4-8-14(16)15-12-19-21(13-17(15)22)24-20-11-7-6-10-18(20)23(19)3;1-22(2)15-9-5-4-8-14(15)20-16(22)12-13-18-21(20)24-19-11-7-6-10-17(19)23(18)3;1-18-14-8-4-5-9-15(14)19-16-11-10-12-6-2-3-7-13(12)17(16)18/h3*4-13H,1-3H3;2-11H,1H3. The molecular formula is C83H70N4S4. The van der Waals surface area contributed by atoms with E-state index in [-0.39, 0.29) is 16.2 Å². The summed E-state index contributed by atoms with van der Waals surface area (Å²) in [6.07, 6.45) is 0. The van der Waals surface area contributed by atoms with Crippen LogP contribution in [0.2, 0.25) is 0 Å². The molecule has 19 rings (SSSR count). The van der Waals surface area contributed by atoms with Crippen molar-refractivity contribution >= 4 is 103 Å². The van der Waals surface area contributed by atoms with Crippen LogP contribution in [0.4, 0.5) is 45.5 Å². The van der Waals surface area contributed by atoms with Crippen molar-refractivity contribution in [2.75, 3.05) is 47.8 Å². The van der Waals surface area contributed by atoms with Gasteiger partial charge in [-0.3, -0.25) is 0 Å². The summed E-state index contributed by atoms with van der Waals surface area (Å²) < 4.78 is 0. The minimum Gasteiger partial charge on any atom is -0.343 e. The topological polar surface area (TPSA) is 13.0 Å². The summed E-state index contributed by atoms with van der Waals surface area (Å²) in [6, 6.07) is 88.4. The summed E-state index contributed by atoms with van der Waals surface area (Å²) >= 11 is 7.55. The van der Waals surface area contributed by atoms with Crippen molar-refractivity contribution in [3.05, 3.63) is 276 Å². The van der Waals surface area contributed by atoms with Crippen LogP contribution in [0.1, 0.15) is 74.9 Å². The normalized spacial score (nSPS) is 15.6. The van der Waals surface area contributed by atoms with Gasteiger partial charge < -0.3 is 19.6 Å². The van der Waals surface area contributed by atoms with E-state index in [2.05, 4.69) is 332 Å². The van der Waals surface area contributed by atoms with Crippen LogP contribution < -0.4 is 19.6 Å². The molecule has 0 bridgehead atoms. The summed E-state index contributed by atoms with van der Waals surface area (Å²) in [5, 5.41) is 2.62. The second kappa shape index (κ2) is 21.8. The van der Waals surface area contributed by atoms with Crippen LogP contribution in [0.5, 0.6) is 0 Å². The van der Waals surface area contributed by atoms with E-state index >= 15 is 0 Å². The van der Waals surface area contributed by atoms with Gasteiger partial charge in [0, 0.05) is 94.5 Å². The Hall–Kier alpha value is -8.50. The highest BCUT2D eigenvalue weighted by Crippen LogP contribution is 2.61. The monoisotopic (exact) mass is 1250 g/mol. The van der Waals surface area contributed by atoms with Crippen molar-refractivity contribution in [1.29, 1.82) is 0 Å². The first-order valence-electron chi connectivity index (χ1n) is 31.5. The maximum Gasteiger partial charge on any atom is 0.0629 e. The molecule has 8 heteroatoms. The van der Waals surface area contributed by atoms with Crippen molar-refractivity contribution in [1.82, 2.24) is 0 Å². The smallest absolute Gasteiger partial charge is 0.0629 e. The predicted molar refractivity (Wildman–Crippen MR) is 390 cm³/mol. The van der Waals surface area contributed by atoms with E-state index in [9.17, 15) is 0 Å². The molecular weight excluding hydrogens is 1180 g/mol. The van der Waals surface area contributed by atoms with Gasteiger partial charge in [0.2, 0.25) is 0 Å². The molecule has 446 valence electrons. The molecule has 12 aromatic carbocycles. The Kier molecular flexibility index (Phi) is 13.8. The molecule has 0 radical (unpaired) electrons. The zero-order valence-electron chi connectivity index (χ0n) is 53.0. The van der Waals surface area contributed by atoms with Gasteiger partial charge in [-0.25, -0.2) is 0 Å². The van der Waals surface area contributed by atoms with Crippen molar-refractivity contribution in [3.8, 4) is 33.4 Å². The van der Waals surface area contributed by atoms with E-state index in [1.165, 1.54) is 162 Å². The largest absolute Gasteiger partial charge is 0.343 e. The van der Waals surface area contributed by atoms with E-state index < -0.39 is 0 Å². The third kappa shape index (κ3) is 9.13. The molecule has 4 heterocycles. The Morgan fingerprint density at radius 2 is 0.659 bits per heavy atom. The number of para-hydroxylation sites is 4. The molecule has 0 aromatic heterocycles. The minimum absolute atomic E-state index is 0.0590. The highest BCUT2D eigenvalue weighted by atomic mass is 32.2. The molecule has 12 aromatic rings. The third-order valence-corrected chi connectivity index (χ3v) is 24.6. The summed E-state index contributed by atoms with van der Waals surface area (Å²) in [5.41, 5.74) is 27.7. The molecule has 0 fully saturated rings. The Balaban J connectivity index is 0.0000000972. The summed E-state index contributed by atoms with van der Waals surface area (Å²) in [6.45, 7) is 14.1. The molecule has 0 N–H and O–H groups in total. The minimum atomic E-state index is 0.0590. The van der Waals surface area contributed by atoms with Crippen molar-refractivity contribution in [2.45, 2.75) is 97.0 Å². The zero-order chi connectivity index (χ0) is 62.2. The van der Waals surface area contributed by atoms with Crippen LogP contribution in [0.15, 0.2) is 282 Å². The SMILES string of the molecule is CN1c2ccccc2Sc2c1ccc1c2-c2ccccc2C1(C)C.CN1c2ccccc2Sc2cc3c(cc21)-c1ccccc1C3(C)C.CN1c2ccccc2Sc2cc3c(cc21)C(C)(C)c1ccccc1-3.CN1c2ccccc2Sc2ccc3ccccc3c21. The van der Waals surface area contributed by atoms with Crippen LogP contribution in [0, 0.1) is 0 Å². The van der Waals surface area contributed by atoms with Gasteiger partial charge in [-0.2, -0.15) is 0 Å². The molecule has 91 heavy (non-hydrogen) atoms. The summed E-state index contributed by atoms with van der Waals surface area (Å²) in [4.78, 5) is 20.1. The molecule has 4 aliphatic heterocycles. The van der Waals surface area contributed by atoms with Crippen molar-refractivity contribution in [3.63, 3.8) is 0 Å². The predicted octanol–water partition coefficient (Wildman–Crippen LogP) is 23.7. The lowest BCUT2D eigenvalue weighted by Gasteiger charge is -2.31. The molecule has 0 saturated carbocycles. The molecule has 0 atom stereocenters. The highest BCUT2D eigenvalue weighted by Gasteiger charge is 2.41. The average Bonchev–Trinajstić information content (AvgIpc) is 1.61. The van der Waals surface area contributed by atoms with Gasteiger partial charge in [0.15, 0.2) is 0 Å². The Bertz CT molecular complexity index is 4960. The molecule has 7 aliphatic rings. The van der Waals surface area contributed by atoms with E-state index in [0.717, 1.165) is 0 Å². The Labute approximate surface area is 553 Å². The Morgan fingerprint density at radius 1 is 0.253 bits per heavy atom. The summed E-state index contributed by atoms with van der Waals surface area (Å²) in [7, 11) is 8.69. The first kappa shape index (κ1) is 57.6. The van der Waals surface area contributed by atoms with E-state index in [0.29, 0.717) is 0 Å². The first-order valence-corrected chi connectivity index (χ1v) is 34.7. The second-order valence-electron chi connectivity index (χ2n) is 26.2. The summed E-state index contributed by atoms with van der Waals surface area (Å²) in [5.74, 6) is 0. The maximum absolute atomic E-state index is 2.42. The fourth-order valence-electron chi connectivity index (χ4n) is 15.2. The molecule has 0 spiro atoms. The molecule has 0 amide bonds. The highest BCUT2D eigenvalue weighted by molar-refractivity contribution is 8.00. The van der Waals surface area contributed by atoms with E-state index in [1.54, 1.807) is 0 Å². The van der Waals surface area contributed by atoms with Crippen LogP contribution in [0.3, 0.4) is 0 Å². The van der Waals surface area contributed by atoms with Crippen LogP contribution in [0.25, 0.3) is 44.2 Å². The maximum atomic E-state index is 2.42. The van der Waals surface area contributed by atoms with E-state index in [1.807, 2.05) is 47.0 Å². The quantitative estimate of drug-likeness (QED) is 0.147. The lowest BCUT2D eigenvalue weighted by Crippen LogP contribution is -2.18. The van der Waals surface area contributed by atoms with Crippen LogP contribution >= 0.6 is 47.0 Å². The lowest BCUT2D eigenvalue weighted by molar-refractivity contribution is 0.658. The van der Waals surface area contributed by atoms with Gasteiger partial charge in [-0.1, -0.05) is 246 Å². The fourth-order valence-corrected chi connectivity index (χ4v) is 20.0. The number of anilines is 8. The van der Waals surface area contributed by atoms with Crippen molar-refractivity contribution in [2.24, 2.45) is 0 Å². The van der Waals surface area contributed by atoms with Crippen LogP contribution in [-0.4, -0.2) is 28.2 Å².